The van der Waals surface area contributed by atoms with Crippen LogP contribution >= 0.6 is 0 Å². The third kappa shape index (κ3) is 1.79. The molecule has 0 radical (unpaired) electrons. The highest BCUT2D eigenvalue weighted by atomic mass is 16.4. The zero-order valence-electron chi connectivity index (χ0n) is 9.85. The molecule has 1 spiro atoms. The van der Waals surface area contributed by atoms with Gasteiger partial charge in [-0.25, -0.2) is 4.79 Å². The maximum atomic E-state index is 10.8. The summed E-state index contributed by atoms with van der Waals surface area (Å²) >= 11 is 0. The SMILES string of the molecule is O=C(O)c1ccc(N2CC3(CCCC3)C2)cc1. The van der Waals surface area contributed by atoms with Crippen LogP contribution in [0.2, 0.25) is 0 Å². The number of benzene rings is 1. The van der Waals surface area contributed by atoms with Crippen molar-refractivity contribution in [2.45, 2.75) is 25.7 Å². The molecule has 0 unspecified atom stereocenters. The Balaban J connectivity index is 1.68. The van der Waals surface area contributed by atoms with Gasteiger partial charge < -0.3 is 10.0 Å². The lowest BCUT2D eigenvalue weighted by atomic mass is 9.78. The number of hydrogen-bond donors (Lipinski definition) is 1. The zero-order valence-corrected chi connectivity index (χ0v) is 9.85. The zero-order chi connectivity index (χ0) is 11.9. The molecule has 17 heavy (non-hydrogen) atoms. The van der Waals surface area contributed by atoms with E-state index in [0.29, 0.717) is 11.0 Å². The van der Waals surface area contributed by atoms with Gasteiger partial charge in [-0.2, -0.15) is 0 Å². The fourth-order valence-electron chi connectivity index (χ4n) is 3.20. The highest BCUT2D eigenvalue weighted by Crippen LogP contribution is 2.46. The van der Waals surface area contributed by atoms with Crippen LogP contribution in [0.15, 0.2) is 24.3 Å². The van der Waals surface area contributed by atoms with E-state index >= 15 is 0 Å². The molecule has 1 aromatic rings. The molecule has 0 atom stereocenters. The van der Waals surface area contributed by atoms with Gasteiger partial charge in [0.15, 0.2) is 0 Å². The van der Waals surface area contributed by atoms with Crippen LogP contribution in [0.3, 0.4) is 0 Å². The summed E-state index contributed by atoms with van der Waals surface area (Å²) in [5, 5.41) is 8.84. The van der Waals surface area contributed by atoms with E-state index in [9.17, 15) is 4.79 Å². The average molecular weight is 231 g/mol. The van der Waals surface area contributed by atoms with Gasteiger partial charge in [0, 0.05) is 24.2 Å². The van der Waals surface area contributed by atoms with Gasteiger partial charge >= 0.3 is 5.97 Å². The van der Waals surface area contributed by atoms with E-state index < -0.39 is 5.97 Å². The van der Waals surface area contributed by atoms with E-state index in [1.807, 2.05) is 12.1 Å². The van der Waals surface area contributed by atoms with Crippen LogP contribution in [-0.2, 0) is 0 Å². The molecule has 1 saturated carbocycles. The predicted molar refractivity (Wildman–Crippen MR) is 66.5 cm³/mol. The van der Waals surface area contributed by atoms with Gasteiger partial charge in [-0.05, 0) is 37.1 Å². The Kier molecular flexibility index (Phi) is 2.35. The number of carboxylic acids is 1. The van der Waals surface area contributed by atoms with Gasteiger partial charge in [0.2, 0.25) is 0 Å². The van der Waals surface area contributed by atoms with Crippen LogP contribution in [0, 0.1) is 5.41 Å². The number of rotatable bonds is 2. The van der Waals surface area contributed by atoms with Crippen LogP contribution in [0.4, 0.5) is 5.69 Å². The summed E-state index contributed by atoms with van der Waals surface area (Å²) in [6.45, 7) is 2.30. The number of nitrogens with zero attached hydrogens (tertiary/aromatic N) is 1. The van der Waals surface area contributed by atoms with Crippen LogP contribution in [-0.4, -0.2) is 24.2 Å². The molecule has 1 N–H and O–H groups in total. The Bertz CT molecular complexity index is 424. The van der Waals surface area contributed by atoms with Gasteiger partial charge in [0.25, 0.3) is 0 Å². The quantitative estimate of drug-likeness (QED) is 0.850. The van der Waals surface area contributed by atoms with Gasteiger partial charge in [-0.1, -0.05) is 12.8 Å². The second-order valence-electron chi connectivity index (χ2n) is 5.42. The van der Waals surface area contributed by atoms with Crippen LogP contribution in [0.25, 0.3) is 0 Å². The second-order valence-corrected chi connectivity index (χ2v) is 5.42. The molecule has 2 fully saturated rings. The van der Waals surface area contributed by atoms with Crippen molar-refractivity contribution in [1.29, 1.82) is 0 Å². The molecule has 3 nitrogen and oxygen atoms in total. The third-order valence-electron chi connectivity index (χ3n) is 4.20. The van der Waals surface area contributed by atoms with Crippen LogP contribution in [0.5, 0.6) is 0 Å². The Morgan fingerprint density at radius 2 is 1.71 bits per heavy atom. The first kappa shape index (κ1) is 10.6. The van der Waals surface area contributed by atoms with E-state index in [0.717, 1.165) is 18.8 Å². The number of hydrogen-bond acceptors (Lipinski definition) is 2. The molecule has 1 heterocycles. The standard InChI is InChI=1S/C14H17NO2/c16-13(17)11-3-5-12(6-4-11)15-9-14(10-15)7-1-2-8-14/h3-6H,1-2,7-10H2,(H,16,17). The Morgan fingerprint density at radius 1 is 1.12 bits per heavy atom. The minimum atomic E-state index is -0.854. The Labute approximate surface area is 101 Å². The number of carbonyl (C=O) groups is 1. The molecule has 1 aliphatic carbocycles. The second kappa shape index (κ2) is 3.76. The van der Waals surface area contributed by atoms with Crippen LogP contribution in [0.1, 0.15) is 36.0 Å². The van der Waals surface area contributed by atoms with Crippen molar-refractivity contribution in [3.05, 3.63) is 29.8 Å². The minimum Gasteiger partial charge on any atom is -0.478 e. The molecule has 0 aromatic heterocycles. The highest BCUT2D eigenvalue weighted by molar-refractivity contribution is 5.88. The minimum absolute atomic E-state index is 0.366. The molecule has 3 rings (SSSR count). The van der Waals surface area contributed by atoms with Crippen LogP contribution < -0.4 is 4.90 Å². The van der Waals surface area contributed by atoms with Crippen molar-refractivity contribution < 1.29 is 9.90 Å². The number of anilines is 1. The molecular weight excluding hydrogens is 214 g/mol. The molecule has 90 valence electrons. The van der Waals surface area contributed by atoms with E-state index in [2.05, 4.69) is 4.90 Å². The molecular formula is C14H17NO2. The summed E-state index contributed by atoms with van der Waals surface area (Å²) in [6.07, 6.45) is 5.50. The molecule has 1 aliphatic heterocycles. The average Bonchev–Trinajstić information content (AvgIpc) is 2.76. The summed E-state index contributed by atoms with van der Waals surface area (Å²) in [4.78, 5) is 13.1. The fraction of sp³-hybridized carbons (Fsp3) is 0.500. The molecule has 1 aromatic carbocycles. The summed E-state index contributed by atoms with van der Waals surface area (Å²) in [6, 6.07) is 7.23. The Morgan fingerprint density at radius 3 is 2.24 bits per heavy atom. The van der Waals surface area contributed by atoms with E-state index in [1.54, 1.807) is 12.1 Å². The Hall–Kier alpha value is -1.51. The van der Waals surface area contributed by atoms with Crippen molar-refractivity contribution >= 4 is 11.7 Å². The maximum Gasteiger partial charge on any atom is 0.335 e. The van der Waals surface area contributed by atoms with Gasteiger partial charge in [-0.15, -0.1) is 0 Å². The van der Waals surface area contributed by atoms with Gasteiger partial charge in [0.05, 0.1) is 5.56 Å². The molecule has 2 aliphatic rings. The first-order valence-corrected chi connectivity index (χ1v) is 6.27. The van der Waals surface area contributed by atoms with Gasteiger partial charge in [-0.3, -0.25) is 0 Å². The van der Waals surface area contributed by atoms with Crippen molar-refractivity contribution in [3.63, 3.8) is 0 Å². The predicted octanol–water partition coefficient (Wildman–Crippen LogP) is 2.77. The first-order chi connectivity index (χ1) is 8.19. The maximum absolute atomic E-state index is 10.8. The monoisotopic (exact) mass is 231 g/mol. The normalized spacial score (nSPS) is 21.5. The molecule has 1 saturated heterocycles. The summed E-state index contributed by atoms with van der Waals surface area (Å²) in [5.74, 6) is -0.854. The summed E-state index contributed by atoms with van der Waals surface area (Å²) < 4.78 is 0. The largest absolute Gasteiger partial charge is 0.478 e. The van der Waals surface area contributed by atoms with E-state index in [-0.39, 0.29) is 0 Å². The van der Waals surface area contributed by atoms with E-state index in [4.69, 9.17) is 5.11 Å². The van der Waals surface area contributed by atoms with Crippen molar-refractivity contribution in [2.24, 2.45) is 5.41 Å². The van der Waals surface area contributed by atoms with Crippen molar-refractivity contribution in [3.8, 4) is 0 Å². The lowest BCUT2D eigenvalue weighted by Crippen LogP contribution is -2.55. The topological polar surface area (TPSA) is 40.5 Å². The fourth-order valence-corrected chi connectivity index (χ4v) is 3.20. The van der Waals surface area contributed by atoms with Gasteiger partial charge in [0.1, 0.15) is 0 Å². The smallest absolute Gasteiger partial charge is 0.335 e. The number of carboxylic acid groups (broad SMARTS) is 1. The molecule has 3 heteroatoms. The van der Waals surface area contributed by atoms with Crippen molar-refractivity contribution in [1.82, 2.24) is 0 Å². The van der Waals surface area contributed by atoms with E-state index in [1.165, 1.54) is 25.7 Å². The lowest BCUT2D eigenvalue weighted by molar-refractivity contribution is 0.0697. The lowest BCUT2D eigenvalue weighted by Gasteiger charge is -2.49. The number of aromatic carboxylic acids is 1. The molecule has 0 bridgehead atoms. The third-order valence-corrected chi connectivity index (χ3v) is 4.20. The first-order valence-electron chi connectivity index (χ1n) is 6.27. The van der Waals surface area contributed by atoms with Crippen molar-refractivity contribution in [2.75, 3.05) is 18.0 Å². The highest BCUT2D eigenvalue weighted by Gasteiger charge is 2.44. The summed E-state index contributed by atoms with van der Waals surface area (Å²) in [7, 11) is 0. The molecule has 0 amide bonds. The summed E-state index contributed by atoms with van der Waals surface area (Å²) in [5.41, 5.74) is 2.11.